The number of methoxy groups -OCH3 is 1. The first-order valence-electron chi connectivity index (χ1n) is 5.77. The maximum absolute atomic E-state index is 13.5. The fraction of sp³-hybridized carbons (Fsp3) is 0.333. The lowest BCUT2D eigenvalue weighted by atomic mass is 10.2. The number of carboxylic acid groups (broad SMARTS) is 1. The first-order valence-corrected chi connectivity index (χ1v) is 6.56. The smallest absolute Gasteiger partial charge is 0.319 e. The second-order valence-electron chi connectivity index (χ2n) is 4.04. The van der Waals surface area contributed by atoms with Gasteiger partial charge in [0.1, 0.15) is 11.6 Å². The van der Waals surface area contributed by atoms with Crippen LogP contribution in [0, 0.1) is 11.6 Å². The van der Waals surface area contributed by atoms with Gasteiger partial charge in [0.15, 0.2) is 0 Å². The van der Waals surface area contributed by atoms with Crippen molar-refractivity contribution in [3.05, 3.63) is 28.2 Å². The largest absolute Gasteiger partial charge is 0.481 e. The number of carboxylic acids is 1. The molecule has 0 radical (unpaired) electrons. The lowest BCUT2D eigenvalue weighted by Gasteiger charge is -2.14. The molecule has 1 unspecified atom stereocenters. The molecule has 0 aliphatic heterocycles. The highest BCUT2D eigenvalue weighted by atomic mass is 79.9. The summed E-state index contributed by atoms with van der Waals surface area (Å²) in [4.78, 5) is 22.1. The summed E-state index contributed by atoms with van der Waals surface area (Å²) in [7, 11) is 1.30. The normalized spacial score (nSPS) is 11.8. The van der Waals surface area contributed by atoms with E-state index >= 15 is 0 Å². The number of carbonyl (C=O) groups excluding carboxylic acids is 1. The van der Waals surface area contributed by atoms with Crippen molar-refractivity contribution in [2.24, 2.45) is 0 Å². The van der Waals surface area contributed by atoms with E-state index in [1.54, 1.807) is 0 Å². The Kier molecular flexibility index (Phi) is 6.50. The minimum Gasteiger partial charge on any atom is -0.481 e. The predicted molar refractivity (Wildman–Crippen MR) is 74.1 cm³/mol. The number of benzene rings is 1. The summed E-state index contributed by atoms with van der Waals surface area (Å²) in [6.07, 6.45) is -1.02. The number of nitrogens with one attached hydrogen (secondary N) is 2. The van der Waals surface area contributed by atoms with Crippen LogP contribution < -0.4 is 10.6 Å². The van der Waals surface area contributed by atoms with Gasteiger partial charge in [0, 0.05) is 19.7 Å². The van der Waals surface area contributed by atoms with Crippen LogP contribution in [0.25, 0.3) is 0 Å². The summed E-state index contributed by atoms with van der Waals surface area (Å²) < 4.78 is 31.5. The molecule has 2 amide bonds. The molecule has 1 atom stereocenters. The van der Waals surface area contributed by atoms with Crippen LogP contribution in [0.1, 0.15) is 6.42 Å². The van der Waals surface area contributed by atoms with E-state index in [9.17, 15) is 18.4 Å². The summed E-state index contributed by atoms with van der Waals surface area (Å²) in [6, 6.07) is 0.903. The number of carbonyl (C=O) groups is 2. The molecule has 0 aromatic heterocycles. The molecule has 9 heteroatoms. The zero-order valence-electron chi connectivity index (χ0n) is 11.0. The summed E-state index contributed by atoms with van der Waals surface area (Å²) in [5.41, 5.74) is -0.333. The molecule has 1 aromatic rings. The molecule has 116 valence electrons. The quantitative estimate of drug-likeness (QED) is 0.674. The van der Waals surface area contributed by atoms with E-state index in [-0.39, 0.29) is 23.1 Å². The predicted octanol–water partition coefficient (Wildman–Crippen LogP) is 2.34. The van der Waals surface area contributed by atoms with Crippen LogP contribution in [0.15, 0.2) is 16.6 Å². The Morgan fingerprint density at radius 3 is 2.62 bits per heavy atom. The fourth-order valence-corrected chi connectivity index (χ4v) is 1.74. The van der Waals surface area contributed by atoms with Gasteiger partial charge in [-0.2, -0.15) is 0 Å². The number of amides is 2. The molecule has 0 saturated heterocycles. The first kappa shape index (κ1) is 17.3. The number of aliphatic carboxylic acids is 1. The van der Waals surface area contributed by atoms with Gasteiger partial charge in [0.25, 0.3) is 0 Å². The van der Waals surface area contributed by atoms with Gasteiger partial charge in [-0.1, -0.05) is 0 Å². The van der Waals surface area contributed by atoms with Gasteiger partial charge in [0.2, 0.25) is 0 Å². The van der Waals surface area contributed by atoms with Crippen molar-refractivity contribution in [1.82, 2.24) is 5.32 Å². The highest BCUT2D eigenvalue weighted by Crippen LogP contribution is 2.23. The van der Waals surface area contributed by atoms with E-state index in [0.717, 1.165) is 12.1 Å². The topological polar surface area (TPSA) is 87.7 Å². The maximum atomic E-state index is 13.5. The van der Waals surface area contributed by atoms with Crippen LogP contribution in [-0.4, -0.2) is 36.9 Å². The lowest BCUT2D eigenvalue weighted by Crippen LogP contribution is -2.37. The molecule has 1 rings (SSSR count). The number of hydrogen-bond acceptors (Lipinski definition) is 3. The Hall–Kier alpha value is -1.74. The standard InChI is InChI=1S/C12H13BrF2N2O4/c1-21-6(2-11(18)19)5-16-12(20)17-10-4-8(14)7(13)3-9(10)15/h3-4,6H,2,5H2,1H3,(H,18,19)(H2,16,17,20). The van der Waals surface area contributed by atoms with Crippen molar-refractivity contribution in [3.63, 3.8) is 0 Å². The van der Waals surface area contributed by atoms with Gasteiger partial charge >= 0.3 is 12.0 Å². The lowest BCUT2D eigenvalue weighted by molar-refractivity contribution is -0.139. The van der Waals surface area contributed by atoms with E-state index in [1.165, 1.54) is 7.11 Å². The van der Waals surface area contributed by atoms with E-state index in [0.29, 0.717) is 0 Å². The number of hydrogen-bond donors (Lipinski definition) is 3. The first-order chi connectivity index (χ1) is 9.83. The highest BCUT2D eigenvalue weighted by Gasteiger charge is 2.15. The second kappa shape index (κ2) is 7.89. The number of halogens is 3. The van der Waals surface area contributed by atoms with E-state index < -0.39 is 29.7 Å². The Morgan fingerprint density at radius 1 is 1.38 bits per heavy atom. The van der Waals surface area contributed by atoms with Gasteiger partial charge in [-0.05, 0) is 22.0 Å². The van der Waals surface area contributed by atoms with Crippen LogP contribution in [0.2, 0.25) is 0 Å². The molecule has 3 N–H and O–H groups in total. The molecule has 21 heavy (non-hydrogen) atoms. The van der Waals surface area contributed by atoms with Crippen LogP contribution in [0.4, 0.5) is 19.3 Å². The molecule has 0 saturated carbocycles. The van der Waals surface area contributed by atoms with Gasteiger partial charge in [-0.25, -0.2) is 13.6 Å². The molecular formula is C12H13BrF2N2O4. The molecule has 0 spiro atoms. The fourth-order valence-electron chi connectivity index (χ4n) is 1.42. The number of rotatable bonds is 6. The number of urea groups is 1. The summed E-state index contributed by atoms with van der Waals surface area (Å²) in [5, 5.41) is 13.0. The third-order valence-electron chi connectivity index (χ3n) is 2.48. The SMILES string of the molecule is COC(CNC(=O)Nc1cc(F)c(Br)cc1F)CC(=O)O. The average Bonchev–Trinajstić information content (AvgIpc) is 2.40. The van der Waals surface area contributed by atoms with Crippen LogP contribution in [0.3, 0.4) is 0 Å². The van der Waals surface area contributed by atoms with Gasteiger partial charge in [0.05, 0.1) is 22.7 Å². The molecule has 0 fully saturated rings. The third kappa shape index (κ3) is 5.64. The van der Waals surface area contributed by atoms with Crippen molar-refractivity contribution in [2.45, 2.75) is 12.5 Å². The van der Waals surface area contributed by atoms with Gasteiger partial charge in [-0.15, -0.1) is 0 Å². The Bertz CT molecular complexity index is 542. The molecular weight excluding hydrogens is 354 g/mol. The van der Waals surface area contributed by atoms with Crippen molar-refractivity contribution in [3.8, 4) is 0 Å². The minimum absolute atomic E-state index is 0.0631. The van der Waals surface area contributed by atoms with Crippen LogP contribution in [-0.2, 0) is 9.53 Å². The molecule has 0 heterocycles. The zero-order chi connectivity index (χ0) is 16.0. The minimum atomic E-state index is -1.08. The van der Waals surface area contributed by atoms with Crippen molar-refractivity contribution in [2.75, 3.05) is 19.0 Å². The highest BCUT2D eigenvalue weighted by molar-refractivity contribution is 9.10. The van der Waals surface area contributed by atoms with Gasteiger partial charge in [-0.3, -0.25) is 4.79 Å². The van der Waals surface area contributed by atoms with Crippen molar-refractivity contribution in [1.29, 1.82) is 0 Å². The maximum Gasteiger partial charge on any atom is 0.319 e. The van der Waals surface area contributed by atoms with E-state index in [2.05, 4.69) is 26.6 Å². The van der Waals surface area contributed by atoms with E-state index in [1.807, 2.05) is 0 Å². The Labute approximate surface area is 127 Å². The monoisotopic (exact) mass is 366 g/mol. The van der Waals surface area contributed by atoms with Crippen molar-refractivity contribution >= 4 is 33.6 Å². The van der Waals surface area contributed by atoms with Gasteiger partial charge < -0.3 is 20.5 Å². The molecule has 0 aliphatic rings. The van der Waals surface area contributed by atoms with Crippen molar-refractivity contribution < 1.29 is 28.2 Å². The number of ether oxygens (including phenoxy) is 1. The summed E-state index contributed by atoms with van der Waals surface area (Å²) in [5.74, 6) is -2.62. The molecule has 0 aliphatic carbocycles. The summed E-state index contributed by atoms with van der Waals surface area (Å²) in [6.45, 7) is -0.0880. The molecule has 0 bridgehead atoms. The number of anilines is 1. The average molecular weight is 367 g/mol. The van der Waals surface area contributed by atoms with Crippen LogP contribution in [0.5, 0.6) is 0 Å². The Balaban J connectivity index is 2.58. The third-order valence-corrected chi connectivity index (χ3v) is 3.09. The molecule has 6 nitrogen and oxygen atoms in total. The molecule has 1 aromatic carbocycles. The second-order valence-corrected chi connectivity index (χ2v) is 4.89. The van der Waals surface area contributed by atoms with E-state index in [4.69, 9.17) is 9.84 Å². The Morgan fingerprint density at radius 2 is 2.05 bits per heavy atom. The van der Waals surface area contributed by atoms with Crippen LogP contribution >= 0.6 is 15.9 Å². The summed E-state index contributed by atoms with van der Waals surface area (Å²) >= 11 is 2.81. The zero-order valence-corrected chi connectivity index (χ0v) is 12.5.